The second-order valence-corrected chi connectivity index (χ2v) is 6.25. The lowest BCUT2D eigenvalue weighted by atomic mass is 9.97. The van der Waals surface area contributed by atoms with E-state index >= 15 is 0 Å². The molecule has 1 amide bonds. The normalized spacial score (nSPS) is 48.2. The van der Waals surface area contributed by atoms with Crippen molar-refractivity contribution in [2.45, 2.75) is 49.9 Å². The highest BCUT2D eigenvalue weighted by atomic mass is 16.2. The zero-order valence-corrected chi connectivity index (χ0v) is 10.3. The topological polar surface area (TPSA) is 56.1 Å². The summed E-state index contributed by atoms with van der Waals surface area (Å²) in [6.45, 7) is 4.06. The molecule has 18 heavy (non-hydrogen) atoms. The molecule has 0 aromatic rings. The first-order valence-corrected chi connectivity index (χ1v) is 6.84. The van der Waals surface area contributed by atoms with E-state index in [1.54, 1.807) is 0 Å². The third-order valence-corrected chi connectivity index (χ3v) is 4.99. The smallest absolute Gasteiger partial charge is 0.245 e. The number of amides is 1. The van der Waals surface area contributed by atoms with E-state index < -0.39 is 0 Å². The molecule has 94 valence electrons. The van der Waals surface area contributed by atoms with Crippen LogP contribution in [-0.2, 0) is 4.79 Å². The first-order chi connectivity index (χ1) is 8.69. The summed E-state index contributed by atoms with van der Waals surface area (Å²) in [6, 6.07) is 2.70. The van der Waals surface area contributed by atoms with Gasteiger partial charge in [0, 0.05) is 12.1 Å². The van der Waals surface area contributed by atoms with Crippen molar-refractivity contribution in [1.29, 1.82) is 5.26 Å². The molecule has 0 bridgehead atoms. The Labute approximate surface area is 107 Å². The van der Waals surface area contributed by atoms with Gasteiger partial charge in [-0.05, 0) is 37.5 Å². The summed E-state index contributed by atoms with van der Waals surface area (Å²) in [5.41, 5.74) is 1.01. The van der Waals surface area contributed by atoms with Gasteiger partial charge in [-0.3, -0.25) is 10.1 Å². The number of hydrogen-bond donors (Lipinski definition) is 1. The van der Waals surface area contributed by atoms with Gasteiger partial charge in [-0.2, -0.15) is 5.26 Å². The second-order valence-electron chi connectivity index (χ2n) is 6.25. The molecule has 2 saturated heterocycles. The highest BCUT2D eigenvalue weighted by Crippen LogP contribution is 2.49. The minimum atomic E-state index is -0.232. The van der Waals surface area contributed by atoms with Gasteiger partial charge in [-0.1, -0.05) is 12.2 Å². The van der Waals surface area contributed by atoms with Gasteiger partial charge in [0.05, 0.1) is 6.07 Å². The zero-order valence-electron chi connectivity index (χ0n) is 10.3. The maximum Gasteiger partial charge on any atom is 0.245 e. The number of rotatable bonds is 1. The molecule has 0 aromatic heterocycles. The average Bonchev–Trinajstić information content (AvgIpc) is 3.25. The number of nitrogens with zero attached hydrogens (tertiary/aromatic N) is 2. The fourth-order valence-corrected chi connectivity index (χ4v) is 3.75. The number of piperidine rings is 2. The van der Waals surface area contributed by atoms with E-state index in [0.717, 1.165) is 24.8 Å². The van der Waals surface area contributed by atoms with Crippen molar-refractivity contribution in [2.75, 3.05) is 0 Å². The summed E-state index contributed by atoms with van der Waals surface area (Å²) in [7, 11) is 0. The molecule has 4 heteroatoms. The molecule has 2 heterocycles. The molecule has 2 aliphatic heterocycles. The molecule has 2 saturated carbocycles. The number of nitrogens with one attached hydrogen (secondary N) is 1. The molecule has 0 aromatic carbocycles. The molecular weight excluding hydrogens is 226 g/mol. The van der Waals surface area contributed by atoms with Crippen LogP contribution in [0.4, 0.5) is 0 Å². The number of carbonyl (C=O) groups excluding carboxylic acids is 1. The Kier molecular flexibility index (Phi) is 1.97. The van der Waals surface area contributed by atoms with Crippen molar-refractivity contribution >= 4 is 5.91 Å². The van der Waals surface area contributed by atoms with Gasteiger partial charge < -0.3 is 4.90 Å². The fraction of sp³-hybridized carbons (Fsp3) is 0.714. The van der Waals surface area contributed by atoms with E-state index in [0.29, 0.717) is 23.9 Å². The Morgan fingerprint density at radius 2 is 2.22 bits per heavy atom. The summed E-state index contributed by atoms with van der Waals surface area (Å²) in [6.07, 6.45) is 4.12. The molecule has 0 radical (unpaired) electrons. The third kappa shape index (κ3) is 1.37. The van der Waals surface area contributed by atoms with Gasteiger partial charge in [0.25, 0.3) is 0 Å². The highest BCUT2D eigenvalue weighted by Gasteiger charge is 2.56. The number of carbonyl (C=O) groups is 1. The van der Waals surface area contributed by atoms with Crippen LogP contribution in [0.1, 0.15) is 25.7 Å². The van der Waals surface area contributed by atoms with Gasteiger partial charge >= 0.3 is 0 Å². The monoisotopic (exact) mass is 243 g/mol. The molecule has 4 unspecified atom stereocenters. The van der Waals surface area contributed by atoms with Crippen molar-refractivity contribution < 1.29 is 4.79 Å². The minimum absolute atomic E-state index is 0.0990. The SMILES string of the molecule is C=C1C[C@@H]2CC2NC1C(=O)N1C(C#N)C[C@@H]2CC21. The number of nitriles is 1. The summed E-state index contributed by atoms with van der Waals surface area (Å²) in [5, 5.41) is 12.6. The van der Waals surface area contributed by atoms with Crippen LogP contribution in [0.15, 0.2) is 12.2 Å². The largest absolute Gasteiger partial charge is 0.322 e. The molecule has 4 fully saturated rings. The molecular formula is C14H17N3O. The van der Waals surface area contributed by atoms with E-state index in [4.69, 9.17) is 5.26 Å². The minimum Gasteiger partial charge on any atom is -0.322 e. The quantitative estimate of drug-likeness (QED) is 0.693. The van der Waals surface area contributed by atoms with Crippen molar-refractivity contribution in [3.05, 3.63) is 12.2 Å². The van der Waals surface area contributed by atoms with Crippen LogP contribution in [0.25, 0.3) is 0 Å². The lowest BCUT2D eigenvalue weighted by molar-refractivity contribution is -0.133. The number of hydrogen-bond acceptors (Lipinski definition) is 3. The Balaban J connectivity index is 1.55. The van der Waals surface area contributed by atoms with Gasteiger partial charge in [-0.25, -0.2) is 0 Å². The third-order valence-electron chi connectivity index (χ3n) is 4.99. The summed E-state index contributed by atoms with van der Waals surface area (Å²) in [4.78, 5) is 14.5. The van der Waals surface area contributed by atoms with Crippen LogP contribution in [0.3, 0.4) is 0 Å². The maximum absolute atomic E-state index is 12.6. The first-order valence-electron chi connectivity index (χ1n) is 6.84. The predicted octanol–water partition coefficient (Wildman–Crippen LogP) is 0.806. The van der Waals surface area contributed by atoms with Crippen LogP contribution in [-0.4, -0.2) is 35.0 Å². The molecule has 0 spiro atoms. The highest BCUT2D eigenvalue weighted by molar-refractivity contribution is 5.87. The van der Waals surface area contributed by atoms with Crippen LogP contribution in [0.2, 0.25) is 0 Å². The zero-order chi connectivity index (χ0) is 12.4. The fourth-order valence-electron chi connectivity index (χ4n) is 3.75. The van der Waals surface area contributed by atoms with Crippen molar-refractivity contribution in [3.63, 3.8) is 0 Å². The van der Waals surface area contributed by atoms with E-state index in [1.165, 1.54) is 6.42 Å². The standard InChI is InChI=1S/C14H17N3O/c1-7-2-8-4-11(8)16-13(7)14(18)17-10(6-15)3-9-5-12(9)17/h8-13,16H,1-5H2/t8-,9-,10?,11?,12?,13?/m1/s1. The van der Waals surface area contributed by atoms with Crippen LogP contribution in [0, 0.1) is 23.2 Å². The van der Waals surface area contributed by atoms with Gasteiger partial charge in [0.1, 0.15) is 12.1 Å². The van der Waals surface area contributed by atoms with Crippen molar-refractivity contribution in [3.8, 4) is 6.07 Å². The average molecular weight is 243 g/mol. The Hall–Kier alpha value is -1.34. The number of fused-ring (bicyclic) bond motifs is 2. The summed E-state index contributed by atoms with van der Waals surface area (Å²) in [5.74, 6) is 1.39. The van der Waals surface area contributed by atoms with Gasteiger partial charge in [0.15, 0.2) is 0 Å². The first kappa shape index (κ1) is 10.6. The second kappa shape index (κ2) is 3.36. The van der Waals surface area contributed by atoms with Crippen molar-refractivity contribution in [1.82, 2.24) is 10.2 Å². The molecule has 4 nitrogen and oxygen atoms in total. The summed E-state index contributed by atoms with van der Waals surface area (Å²) >= 11 is 0. The molecule has 4 rings (SSSR count). The maximum atomic E-state index is 12.6. The van der Waals surface area contributed by atoms with Gasteiger partial charge in [0.2, 0.25) is 5.91 Å². The van der Waals surface area contributed by atoms with Crippen LogP contribution < -0.4 is 5.32 Å². The Morgan fingerprint density at radius 1 is 1.39 bits per heavy atom. The summed E-state index contributed by atoms with van der Waals surface area (Å²) < 4.78 is 0. The molecule has 4 aliphatic rings. The number of likely N-dealkylation sites (tertiary alicyclic amines) is 1. The van der Waals surface area contributed by atoms with Crippen LogP contribution in [0.5, 0.6) is 0 Å². The molecule has 2 aliphatic carbocycles. The lowest BCUT2D eigenvalue weighted by Gasteiger charge is -2.31. The Morgan fingerprint density at radius 3 is 3.00 bits per heavy atom. The van der Waals surface area contributed by atoms with E-state index in [-0.39, 0.29) is 18.0 Å². The van der Waals surface area contributed by atoms with Crippen LogP contribution >= 0.6 is 0 Å². The van der Waals surface area contributed by atoms with Crippen molar-refractivity contribution in [2.24, 2.45) is 11.8 Å². The van der Waals surface area contributed by atoms with Gasteiger partial charge in [-0.15, -0.1) is 0 Å². The van der Waals surface area contributed by atoms with E-state index in [1.807, 2.05) is 4.90 Å². The predicted molar refractivity (Wildman–Crippen MR) is 65.3 cm³/mol. The van der Waals surface area contributed by atoms with E-state index in [2.05, 4.69) is 18.0 Å². The molecule has 1 N–H and O–H groups in total. The lowest BCUT2D eigenvalue weighted by Crippen LogP contribution is -2.52. The van der Waals surface area contributed by atoms with E-state index in [9.17, 15) is 4.79 Å². The molecule has 6 atom stereocenters. The Bertz CT molecular complexity index is 480.